The molecule has 0 aliphatic carbocycles. The van der Waals surface area contributed by atoms with E-state index in [0.717, 1.165) is 5.56 Å². The molecule has 2 aromatic carbocycles. The maximum Gasteiger partial charge on any atom is 0.330 e. The minimum absolute atomic E-state index is 0.300. The first-order chi connectivity index (χ1) is 12.7. The molecule has 134 valence electrons. The van der Waals surface area contributed by atoms with E-state index in [2.05, 4.69) is 20.9 Å². The van der Waals surface area contributed by atoms with E-state index in [1.807, 2.05) is 60.7 Å². The van der Waals surface area contributed by atoms with E-state index >= 15 is 0 Å². The van der Waals surface area contributed by atoms with Crippen molar-refractivity contribution in [2.24, 2.45) is 4.99 Å². The molecule has 0 aromatic heterocycles. The van der Waals surface area contributed by atoms with Crippen molar-refractivity contribution in [1.29, 1.82) is 0 Å². The highest BCUT2D eigenvalue weighted by Gasteiger charge is 2.09. The van der Waals surface area contributed by atoms with Crippen LogP contribution in [-0.2, 0) is 9.53 Å². The van der Waals surface area contributed by atoms with Crippen molar-refractivity contribution in [2.45, 2.75) is 6.92 Å². The van der Waals surface area contributed by atoms with E-state index in [1.165, 1.54) is 6.08 Å². The smallest absolute Gasteiger partial charge is 0.330 e. The molecule has 0 saturated carbocycles. The molecule has 0 amide bonds. The van der Waals surface area contributed by atoms with E-state index in [9.17, 15) is 9.18 Å². The molecule has 0 aliphatic heterocycles. The van der Waals surface area contributed by atoms with Gasteiger partial charge in [0.25, 0.3) is 0 Å². The van der Waals surface area contributed by atoms with Crippen LogP contribution in [0.4, 0.5) is 4.39 Å². The Morgan fingerprint density at radius 3 is 2.15 bits per heavy atom. The number of hydrogen-bond acceptors (Lipinski definition) is 3. The van der Waals surface area contributed by atoms with Crippen molar-refractivity contribution in [3.8, 4) is 0 Å². The molecule has 0 N–H and O–H groups in total. The second-order valence-corrected chi connectivity index (χ2v) is 6.06. The van der Waals surface area contributed by atoms with Crippen LogP contribution in [0.1, 0.15) is 18.1 Å². The summed E-state index contributed by atoms with van der Waals surface area (Å²) in [5.41, 5.74) is 2.35. The van der Waals surface area contributed by atoms with Crippen molar-refractivity contribution in [3.05, 3.63) is 88.4 Å². The Balaban J connectivity index is 2.49. The largest absolute Gasteiger partial charge is 0.463 e. The van der Waals surface area contributed by atoms with Gasteiger partial charge < -0.3 is 4.74 Å². The predicted molar refractivity (Wildman–Crippen MR) is 107 cm³/mol. The summed E-state index contributed by atoms with van der Waals surface area (Å²) < 4.78 is 19.1. The standard InChI is InChI=1S/C21H19BrFNO2/c1-2-26-20(25)14-13-18(22)21(17-11-7-4-8-12-17)24-19(15-23)16-9-5-3-6-10-16/h3-14H,2,15H2,1H3/b14-13+,21-18-,24-19?. The summed E-state index contributed by atoms with van der Waals surface area (Å²) in [6.45, 7) is 1.33. The van der Waals surface area contributed by atoms with Gasteiger partial charge in [-0.05, 0) is 34.5 Å². The van der Waals surface area contributed by atoms with Gasteiger partial charge in [0, 0.05) is 16.1 Å². The Hall–Kier alpha value is -2.53. The van der Waals surface area contributed by atoms with Crippen molar-refractivity contribution < 1.29 is 13.9 Å². The Morgan fingerprint density at radius 2 is 1.62 bits per heavy atom. The number of nitrogens with zero attached hydrogens (tertiary/aromatic N) is 1. The van der Waals surface area contributed by atoms with Gasteiger partial charge in [0.15, 0.2) is 0 Å². The number of benzene rings is 2. The molecule has 0 saturated heterocycles. The van der Waals surface area contributed by atoms with Gasteiger partial charge in [0.1, 0.15) is 6.67 Å². The molecule has 0 bridgehead atoms. The van der Waals surface area contributed by atoms with Gasteiger partial charge in [0.05, 0.1) is 18.0 Å². The van der Waals surface area contributed by atoms with Gasteiger partial charge in [-0.25, -0.2) is 14.2 Å². The number of carbonyl (C=O) groups excluding carboxylic acids is 1. The van der Waals surface area contributed by atoms with Crippen molar-refractivity contribution >= 4 is 33.3 Å². The zero-order valence-electron chi connectivity index (χ0n) is 14.4. The molecule has 0 heterocycles. The van der Waals surface area contributed by atoms with Crippen LogP contribution in [-0.4, -0.2) is 25.0 Å². The number of allylic oxidation sites excluding steroid dienone is 2. The second kappa shape index (κ2) is 10.5. The third-order valence-corrected chi connectivity index (χ3v) is 4.05. The Kier molecular flexibility index (Phi) is 7.96. The average molecular weight is 416 g/mol. The van der Waals surface area contributed by atoms with E-state index < -0.39 is 12.6 Å². The van der Waals surface area contributed by atoms with E-state index in [-0.39, 0.29) is 0 Å². The highest BCUT2D eigenvalue weighted by atomic mass is 79.9. The third-order valence-electron chi connectivity index (χ3n) is 3.41. The third kappa shape index (κ3) is 5.77. The maximum atomic E-state index is 13.6. The lowest BCUT2D eigenvalue weighted by atomic mass is 10.1. The maximum absolute atomic E-state index is 13.6. The van der Waals surface area contributed by atoms with Crippen molar-refractivity contribution in [2.75, 3.05) is 13.3 Å². The fourth-order valence-corrected chi connectivity index (χ4v) is 2.65. The Bertz CT molecular complexity index is 814. The molecule has 2 rings (SSSR count). The van der Waals surface area contributed by atoms with Crippen molar-refractivity contribution in [1.82, 2.24) is 0 Å². The first-order valence-corrected chi connectivity index (χ1v) is 8.94. The fourth-order valence-electron chi connectivity index (χ4n) is 2.20. The van der Waals surface area contributed by atoms with Crippen LogP contribution >= 0.6 is 15.9 Å². The zero-order valence-corrected chi connectivity index (χ0v) is 15.9. The van der Waals surface area contributed by atoms with E-state index in [4.69, 9.17) is 4.74 Å². The Labute approximate surface area is 161 Å². The number of rotatable bonds is 7. The van der Waals surface area contributed by atoms with Crippen LogP contribution in [0, 0.1) is 0 Å². The molecular formula is C21H19BrFNO2. The summed E-state index contributed by atoms with van der Waals surface area (Å²) in [4.78, 5) is 16.1. The van der Waals surface area contributed by atoms with Gasteiger partial charge in [-0.3, -0.25) is 0 Å². The first kappa shape index (κ1) is 19.8. The molecule has 0 atom stereocenters. The summed E-state index contributed by atoms with van der Waals surface area (Å²) in [6, 6.07) is 18.5. The molecule has 2 aromatic rings. The fraction of sp³-hybridized carbons (Fsp3) is 0.143. The SMILES string of the molecule is CCOC(=O)/C=C/C(Br)=C(/N=C(CF)c1ccccc1)c1ccccc1. The van der Waals surface area contributed by atoms with Gasteiger partial charge in [0.2, 0.25) is 0 Å². The normalized spacial score (nSPS) is 12.8. The minimum atomic E-state index is -0.706. The minimum Gasteiger partial charge on any atom is -0.463 e. The lowest BCUT2D eigenvalue weighted by Crippen LogP contribution is -2.04. The lowest BCUT2D eigenvalue weighted by molar-refractivity contribution is -0.137. The number of esters is 1. The summed E-state index contributed by atoms with van der Waals surface area (Å²) in [5, 5.41) is 0. The molecule has 0 fully saturated rings. The molecule has 5 heteroatoms. The van der Waals surface area contributed by atoms with Gasteiger partial charge in [-0.1, -0.05) is 60.7 Å². The van der Waals surface area contributed by atoms with Crippen LogP contribution in [0.2, 0.25) is 0 Å². The van der Waals surface area contributed by atoms with Gasteiger partial charge in [-0.2, -0.15) is 0 Å². The quantitative estimate of drug-likeness (QED) is 0.265. The first-order valence-electron chi connectivity index (χ1n) is 8.14. The monoisotopic (exact) mass is 415 g/mol. The topological polar surface area (TPSA) is 38.7 Å². The molecule has 26 heavy (non-hydrogen) atoms. The molecule has 0 radical (unpaired) electrons. The molecule has 0 spiro atoms. The van der Waals surface area contributed by atoms with Crippen LogP contribution in [0.15, 0.2) is 82.3 Å². The van der Waals surface area contributed by atoms with E-state index in [0.29, 0.717) is 28.1 Å². The molecule has 0 unspecified atom stereocenters. The second-order valence-electron chi connectivity index (χ2n) is 5.21. The Morgan fingerprint density at radius 1 is 1.04 bits per heavy atom. The van der Waals surface area contributed by atoms with Gasteiger partial charge >= 0.3 is 5.97 Å². The zero-order chi connectivity index (χ0) is 18.8. The number of ether oxygens (including phenoxy) is 1. The van der Waals surface area contributed by atoms with Crippen LogP contribution in [0.5, 0.6) is 0 Å². The number of carbonyl (C=O) groups is 1. The van der Waals surface area contributed by atoms with Gasteiger partial charge in [-0.15, -0.1) is 0 Å². The summed E-state index contributed by atoms with van der Waals surface area (Å²) in [6.07, 6.45) is 2.87. The average Bonchev–Trinajstić information content (AvgIpc) is 2.68. The highest BCUT2D eigenvalue weighted by molar-refractivity contribution is 9.12. The lowest BCUT2D eigenvalue weighted by Gasteiger charge is -2.08. The summed E-state index contributed by atoms with van der Waals surface area (Å²) in [7, 11) is 0. The van der Waals surface area contributed by atoms with E-state index in [1.54, 1.807) is 13.0 Å². The van der Waals surface area contributed by atoms with Crippen molar-refractivity contribution in [3.63, 3.8) is 0 Å². The predicted octanol–water partition coefficient (Wildman–Crippen LogP) is 5.33. The summed E-state index contributed by atoms with van der Waals surface area (Å²) >= 11 is 3.45. The molecular weight excluding hydrogens is 397 g/mol. The summed E-state index contributed by atoms with van der Waals surface area (Å²) in [5.74, 6) is -0.449. The number of alkyl halides is 1. The highest BCUT2D eigenvalue weighted by Crippen LogP contribution is 2.26. The number of halogens is 2. The van der Waals surface area contributed by atoms with Crippen LogP contribution in [0.25, 0.3) is 5.70 Å². The van der Waals surface area contributed by atoms with Crippen LogP contribution in [0.3, 0.4) is 0 Å². The van der Waals surface area contributed by atoms with Crippen LogP contribution < -0.4 is 0 Å². The molecule has 3 nitrogen and oxygen atoms in total. The number of aliphatic imine (C=N–C) groups is 1. The molecule has 0 aliphatic rings. The number of hydrogen-bond donors (Lipinski definition) is 0.